The largest absolute Gasteiger partial charge is 0.338 e. The van der Waals surface area contributed by atoms with Crippen molar-refractivity contribution in [1.29, 1.82) is 0 Å². The Labute approximate surface area is 168 Å². The number of anilines is 1. The number of thioether (sulfide) groups is 1. The first-order valence-electron chi connectivity index (χ1n) is 9.39. The quantitative estimate of drug-likeness (QED) is 0.849. The Bertz CT molecular complexity index is 918. The van der Waals surface area contributed by atoms with Gasteiger partial charge in [0, 0.05) is 28.8 Å². The fourth-order valence-corrected chi connectivity index (χ4v) is 5.02. The van der Waals surface area contributed by atoms with Crippen molar-refractivity contribution in [3.8, 4) is 11.4 Å². The van der Waals surface area contributed by atoms with Crippen LogP contribution in [0.1, 0.15) is 46.4 Å². The number of hydrogen-bond donors (Lipinski definition) is 1. The number of rotatable bonds is 3. The average Bonchev–Trinajstić information content (AvgIpc) is 3.31. The Balaban J connectivity index is 1.46. The molecular formula is C20H24N4O3S. The summed E-state index contributed by atoms with van der Waals surface area (Å²) >= 11 is 1.69. The van der Waals surface area contributed by atoms with E-state index >= 15 is 0 Å². The topological polar surface area (TPSA) is 88.3 Å². The molecule has 7 nitrogen and oxygen atoms in total. The minimum Gasteiger partial charge on any atom is -0.338 e. The van der Waals surface area contributed by atoms with Gasteiger partial charge < -0.3 is 14.7 Å². The van der Waals surface area contributed by atoms with Crippen molar-refractivity contribution in [1.82, 2.24) is 15.0 Å². The van der Waals surface area contributed by atoms with Crippen molar-refractivity contribution >= 4 is 29.3 Å². The van der Waals surface area contributed by atoms with Crippen LogP contribution in [-0.4, -0.2) is 43.5 Å². The number of benzene rings is 1. The summed E-state index contributed by atoms with van der Waals surface area (Å²) in [6.45, 7) is 8.09. The van der Waals surface area contributed by atoms with Crippen LogP contribution in [0.3, 0.4) is 0 Å². The maximum atomic E-state index is 12.8. The molecule has 1 N–H and O–H groups in total. The van der Waals surface area contributed by atoms with Crippen LogP contribution in [0, 0.1) is 0 Å². The molecule has 2 atom stereocenters. The summed E-state index contributed by atoms with van der Waals surface area (Å²) in [5.74, 6) is 1.65. The Morgan fingerprint density at radius 1 is 1.32 bits per heavy atom. The molecule has 3 heterocycles. The van der Waals surface area contributed by atoms with E-state index in [1.54, 1.807) is 16.7 Å². The molecule has 0 bridgehead atoms. The molecule has 0 saturated carbocycles. The monoisotopic (exact) mass is 400 g/mol. The zero-order valence-corrected chi connectivity index (χ0v) is 17.3. The summed E-state index contributed by atoms with van der Waals surface area (Å²) in [4.78, 5) is 30.9. The lowest BCUT2D eigenvalue weighted by molar-refractivity contribution is -0.135. The van der Waals surface area contributed by atoms with Gasteiger partial charge in [-0.2, -0.15) is 4.98 Å². The van der Waals surface area contributed by atoms with Crippen LogP contribution in [-0.2, 0) is 15.0 Å². The fourth-order valence-electron chi connectivity index (χ4n) is 3.59. The van der Waals surface area contributed by atoms with Crippen LogP contribution < -0.4 is 5.32 Å². The molecule has 2 aliphatic rings. The van der Waals surface area contributed by atoms with Gasteiger partial charge in [-0.15, -0.1) is 11.8 Å². The summed E-state index contributed by atoms with van der Waals surface area (Å²) in [6, 6.07) is 6.90. The van der Waals surface area contributed by atoms with Crippen LogP contribution in [0.4, 0.5) is 5.69 Å². The van der Waals surface area contributed by atoms with Gasteiger partial charge >= 0.3 is 0 Å². The van der Waals surface area contributed by atoms with Gasteiger partial charge in [0.15, 0.2) is 0 Å². The van der Waals surface area contributed by atoms with Gasteiger partial charge in [0.05, 0.1) is 4.87 Å². The minimum atomic E-state index is -0.420. The molecule has 0 unspecified atom stereocenters. The van der Waals surface area contributed by atoms with Crippen molar-refractivity contribution < 1.29 is 14.1 Å². The lowest BCUT2D eigenvalue weighted by atomic mass is 9.97. The minimum absolute atomic E-state index is 0.0646. The first-order chi connectivity index (χ1) is 13.2. The number of nitrogens with zero attached hydrogens (tertiary/aromatic N) is 3. The second kappa shape index (κ2) is 6.62. The SMILES string of the molecule is CC(C)(C)c1nc(-c2ccc(NC(=O)[C@@H]3CS[C@@]4(C)CCC(=O)N34)cc2)no1. The maximum Gasteiger partial charge on any atom is 0.248 e. The van der Waals surface area contributed by atoms with Gasteiger partial charge in [-0.05, 0) is 37.6 Å². The first kappa shape index (κ1) is 19.0. The van der Waals surface area contributed by atoms with Gasteiger partial charge in [-0.25, -0.2) is 0 Å². The third-order valence-corrected chi connectivity index (χ3v) is 6.73. The number of aromatic nitrogens is 2. The molecule has 2 aliphatic heterocycles. The molecule has 4 rings (SSSR count). The van der Waals surface area contributed by atoms with Crippen LogP contribution >= 0.6 is 11.8 Å². The van der Waals surface area contributed by atoms with Crippen LogP contribution in [0.2, 0.25) is 0 Å². The Morgan fingerprint density at radius 3 is 2.68 bits per heavy atom. The summed E-state index contributed by atoms with van der Waals surface area (Å²) in [7, 11) is 0. The van der Waals surface area contributed by atoms with E-state index in [9.17, 15) is 9.59 Å². The van der Waals surface area contributed by atoms with Crippen LogP contribution in [0.15, 0.2) is 28.8 Å². The van der Waals surface area contributed by atoms with E-state index in [1.165, 1.54) is 0 Å². The number of carbonyl (C=O) groups is 2. The van der Waals surface area contributed by atoms with Gasteiger partial charge in [-0.3, -0.25) is 9.59 Å². The molecule has 2 fully saturated rings. The molecule has 2 saturated heterocycles. The highest BCUT2D eigenvalue weighted by Gasteiger charge is 2.52. The summed E-state index contributed by atoms with van der Waals surface area (Å²) < 4.78 is 5.33. The number of hydrogen-bond acceptors (Lipinski definition) is 6. The number of amides is 2. The van der Waals surface area contributed by atoms with E-state index in [1.807, 2.05) is 52.0 Å². The molecule has 0 spiro atoms. The lowest BCUT2D eigenvalue weighted by Gasteiger charge is -2.29. The molecule has 8 heteroatoms. The molecular weight excluding hydrogens is 376 g/mol. The van der Waals surface area contributed by atoms with Crippen LogP contribution in [0.5, 0.6) is 0 Å². The van der Waals surface area contributed by atoms with E-state index in [-0.39, 0.29) is 22.1 Å². The van der Waals surface area contributed by atoms with E-state index < -0.39 is 6.04 Å². The van der Waals surface area contributed by atoms with Crippen molar-refractivity contribution in [3.05, 3.63) is 30.2 Å². The second-order valence-corrected chi connectivity index (χ2v) is 10.0. The number of carbonyl (C=O) groups excluding carboxylic acids is 2. The van der Waals surface area contributed by atoms with Crippen molar-refractivity contribution in [2.24, 2.45) is 0 Å². The van der Waals surface area contributed by atoms with Crippen molar-refractivity contribution in [2.45, 2.75) is 56.9 Å². The van der Waals surface area contributed by atoms with Crippen molar-refractivity contribution in [2.75, 3.05) is 11.1 Å². The van der Waals surface area contributed by atoms with E-state index in [0.29, 0.717) is 29.6 Å². The predicted molar refractivity (Wildman–Crippen MR) is 108 cm³/mol. The fraction of sp³-hybridized carbons (Fsp3) is 0.500. The molecule has 1 aromatic carbocycles. The molecule has 1 aromatic heterocycles. The second-order valence-electron chi connectivity index (χ2n) is 8.51. The molecule has 2 amide bonds. The highest BCUT2D eigenvalue weighted by Crippen LogP contribution is 2.47. The zero-order valence-electron chi connectivity index (χ0n) is 16.5. The summed E-state index contributed by atoms with van der Waals surface area (Å²) in [6.07, 6.45) is 1.32. The molecule has 2 aromatic rings. The van der Waals surface area contributed by atoms with Crippen molar-refractivity contribution in [3.63, 3.8) is 0 Å². The van der Waals surface area contributed by atoms with E-state index in [4.69, 9.17) is 4.52 Å². The zero-order chi connectivity index (χ0) is 20.1. The smallest absolute Gasteiger partial charge is 0.248 e. The Kier molecular flexibility index (Phi) is 4.49. The van der Waals surface area contributed by atoms with Gasteiger partial charge in [0.25, 0.3) is 0 Å². The van der Waals surface area contributed by atoms with Crippen LogP contribution in [0.25, 0.3) is 11.4 Å². The Hall–Kier alpha value is -2.35. The summed E-state index contributed by atoms with van der Waals surface area (Å²) in [5, 5.41) is 6.97. The molecule has 0 aliphatic carbocycles. The van der Waals surface area contributed by atoms with Gasteiger partial charge in [-0.1, -0.05) is 25.9 Å². The van der Waals surface area contributed by atoms with Gasteiger partial charge in [0.2, 0.25) is 23.5 Å². The standard InChI is InChI=1S/C20H24N4O3S/c1-19(2,3)18-22-16(23-27-18)12-5-7-13(8-6-12)21-17(26)14-11-28-20(4)10-9-15(25)24(14)20/h5-8,14H,9-11H2,1-4H3,(H,21,26)/t14-,20-/m0/s1. The maximum absolute atomic E-state index is 12.8. The van der Waals surface area contributed by atoms with E-state index in [2.05, 4.69) is 15.5 Å². The molecule has 0 radical (unpaired) electrons. The Morgan fingerprint density at radius 2 is 2.04 bits per heavy atom. The van der Waals surface area contributed by atoms with E-state index in [0.717, 1.165) is 12.0 Å². The normalized spacial score (nSPS) is 24.5. The predicted octanol–water partition coefficient (Wildman–Crippen LogP) is 3.43. The summed E-state index contributed by atoms with van der Waals surface area (Å²) in [5.41, 5.74) is 1.29. The third-order valence-electron chi connectivity index (χ3n) is 5.23. The highest BCUT2D eigenvalue weighted by molar-refractivity contribution is 8.01. The lowest BCUT2D eigenvalue weighted by Crippen LogP contribution is -2.48. The molecule has 28 heavy (non-hydrogen) atoms. The third kappa shape index (κ3) is 3.30. The number of nitrogens with one attached hydrogen (secondary N) is 1. The average molecular weight is 401 g/mol. The van der Waals surface area contributed by atoms with Gasteiger partial charge in [0.1, 0.15) is 6.04 Å². The highest BCUT2D eigenvalue weighted by atomic mass is 32.2. The number of fused-ring (bicyclic) bond motifs is 1. The first-order valence-corrected chi connectivity index (χ1v) is 10.4. The molecule has 148 valence electrons.